The molecule has 0 heterocycles. The van der Waals surface area contributed by atoms with Crippen molar-refractivity contribution >= 4 is 18.6 Å². The highest BCUT2D eigenvalue weighted by atomic mass is 16.5. The molecule has 0 radical (unpaired) electrons. The summed E-state index contributed by atoms with van der Waals surface area (Å²) < 4.78 is 29.8. The molecular formula is C9H11BO5. The molecule has 0 atom stereocenters. The Hall–Kier alpha value is -1.53. The van der Waals surface area contributed by atoms with Crippen molar-refractivity contribution in [2.45, 2.75) is 0 Å². The molecule has 0 bridgehead atoms. The summed E-state index contributed by atoms with van der Waals surface area (Å²) in [6.45, 7) is 0. The number of rotatable bonds is 3. The Bertz CT molecular complexity index is 446. The molecule has 0 unspecified atom stereocenters. The minimum Gasteiger partial charge on any atom is -0.497 e. The van der Waals surface area contributed by atoms with Crippen LogP contribution in [0.1, 0.15) is 14.5 Å². The quantitative estimate of drug-likeness (QED) is 0.505. The number of methoxy groups -OCH3 is 2. The van der Waals surface area contributed by atoms with Gasteiger partial charge in [0.05, 0.1) is 23.8 Å². The van der Waals surface area contributed by atoms with Gasteiger partial charge in [-0.15, -0.1) is 0 Å². The summed E-state index contributed by atoms with van der Waals surface area (Å²) >= 11 is 0. The van der Waals surface area contributed by atoms with Crippen LogP contribution >= 0.6 is 0 Å². The molecule has 0 aliphatic rings. The minimum absolute atomic E-state index is 0.0974. The number of benzene rings is 1. The summed E-state index contributed by atoms with van der Waals surface area (Å²) in [6.07, 6.45) is 0. The van der Waals surface area contributed by atoms with E-state index in [9.17, 15) is 4.79 Å². The van der Waals surface area contributed by atoms with E-state index in [0.29, 0.717) is 0 Å². The molecule has 0 saturated heterocycles. The van der Waals surface area contributed by atoms with Gasteiger partial charge in [-0.2, -0.15) is 0 Å². The molecule has 1 aromatic rings. The fraction of sp³-hybridized carbons (Fsp3) is 0.222. The van der Waals surface area contributed by atoms with Gasteiger partial charge in [0.25, 0.3) is 0 Å². The van der Waals surface area contributed by atoms with Crippen LogP contribution in [0.4, 0.5) is 0 Å². The highest BCUT2D eigenvalue weighted by molar-refractivity contribution is 6.60. The highest BCUT2D eigenvalue weighted by Crippen LogP contribution is 2.12. The van der Waals surface area contributed by atoms with E-state index in [-0.39, 0.29) is 16.8 Å². The van der Waals surface area contributed by atoms with Crippen molar-refractivity contribution < 1.29 is 28.4 Å². The van der Waals surface area contributed by atoms with Crippen LogP contribution in [0.2, 0.25) is 0 Å². The van der Waals surface area contributed by atoms with Crippen LogP contribution < -0.4 is 10.2 Å². The molecule has 1 aromatic carbocycles. The Morgan fingerprint density at radius 2 is 2.27 bits per heavy atom. The van der Waals surface area contributed by atoms with Crippen LogP contribution in [-0.4, -0.2) is 37.3 Å². The van der Waals surface area contributed by atoms with Gasteiger partial charge in [-0.25, -0.2) is 4.79 Å². The second kappa shape index (κ2) is 4.81. The maximum absolute atomic E-state index is 11.4. The van der Waals surface area contributed by atoms with Crippen molar-refractivity contribution in [3.8, 4) is 5.75 Å². The SMILES string of the molecule is [2H]C([2H])([2H])Oc1ccc(B(O)O)c(C(=O)OC)c1. The molecule has 0 amide bonds. The van der Waals surface area contributed by atoms with Gasteiger partial charge in [0.2, 0.25) is 0 Å². The van der Waals surface area contributed by atoms with Gasteiger partial charge in [0.1, 0.15) is 5.75 Å². The molecule has 1 rings (SSSR count). The number of hydrogen-bond donors (Lipinski definition) is 2. The summed E-state index contributed by atoms with van der Waals surface area (Å²) in [5.41, 5.74) is -0.269. The summed E-state index contributed by atoms with van der Waals surface area (Å²) in [7, 11) is -3.42. The van der Waals surface area contributed by atoms with Crippen LogP contribution in [0.5, 0.6) is 5.75 Å². The van der Waals surface area contributed by atoms with Crippen LogP contribution in [0.3, 0.4) is 0 Å². The number of hydrogen-bond acceptors (Lipinski definition) is 5. The Balaban J connectivity index is 3.17. The zero-order chi connectivity index (χ0) is 13.9. The second-order valence-electron chi connectivity index (χ2n) is 2.72. The van der Waals surface area contributed by atoms with E-state index in [0.717, 1.165) is 13.2 Å². The summed E-state index contributed by atoms with van der Waals surface area (Å²) in [5, 5.41) is 18.1. The predicted molar refractivity (Wildman–Crippen MR) is 54.2 cm³/mol. The van der Waals surface area contributed by atoms with Crippen molar-refractivity contribution in [1.29, 1.82) is 0 Å². The third-order valence-electron chi connectivity index (χ3n) is 1.83. The van der Waals surface area contributed by atoms with E-state index in [1.54, 1.807) is 0 Å². The van der Waals surface area contributed by atoms with Crippen molar-refractivity contribution in [1.82, 2.24) is 0 Å². The number of ether oxygens (including phenoxy) is 2. The first kappa shape index (κ1) is 7.73. The van der Waals surface area contributed by atoms with E-state index >= 15 is 0 Å². The largest absolute Gasteiger partial charge is 0.497 e. The van der Waals surface area contributed by atoms with Crippen LogP contribution in [0.15, 0.2) is 18.2 Å². The van der Waals surface area contributed by atoms with Crippen molar-refractivity contribution in [2.75, 3.05) is 14.1 Å². The van der Waals surface area contributed by atoms with Gasteiger partial charge in [-0.1, -0.05) is 6.07 Å². The first-order chi connectivity index (χ1) is 8.24. The van der Waals surface area contributed by atoms with E-state index in [1.165, 1.54) is 12.1 Å². The molecule has 0 fully saturated rings. The first-order valence-corrected chi connectivity index (χ1v) is 4.02. The zero-order valence-corrected chi connectivity index (χ0v) is 7.93. The molecule has 15 heavy (non-hydrogen) atoms. The van der Waals surface area contributed by atoms with E-state index in [2.05, 4.69) is 9.47 Å². The Morgan fingerprint density at radius 1 is 1.53 bits per heavy atom. The molecule has 2 N–H and O–H groups in total. The van der Waals surface area contributed by atoms with Gasteiger partial charge in [-0.05, 0) is 17.6 Å². The molecule has 6 heteroatoms. The Kier molecular flexibility index (Phi) is 2.48. The smallest absolute Gasteiger partial charge is 0.489 e. The molecule has 0 aliphatic carbocycles. The summed E-state index contributed by atoms with van der Waals surface area (Å²) in [5.74, 6) is -0.922. The molecule has 0 aromatic heterocycles. The maximum Gasteiger partial charge on any atom is 0.489 e. The molecular weight excluding hydrogens is 199 g/mol. The first-order valence-electron chi connectivity index (χ1n) is 5.52. The molecule has 0 spiro atoms. The summed E-state index contributed by atoms with van der Waals surface area (Å²) in [6, 6.07) is 3.47. The molecule has 0 saturated carbocycles. The summed E-state index contributed by atoms with van der Waals surface area (Å²) in [4.78, 5) is 11.4. The van der Waals surface area contributed by atoms with E-state index in [4.69, 9.17) is 14.2 Å². The Morgan fingerprint density at radius 3 is 2.80 bits per heavy atom. The van der Waals surface area contributed by atoms with Crippen molar-refractivity contribution in [2.24, 2.45) is 0 Å². The lowest BCUT2D eigenvalue weighted by Gasteiger charge is -2.08. The third-order valence-corrected chi connectivity index (χ3v) is 1.83. The van der Waals surface area contributed by atoms with Gasteiger partial charge < -0.3 is 19.5 Å². The van der Waals surface area contributed by atoms with E-state index < -0.39 is 20.1 Å². The normalized spacial score (nSPS) is 13.4. The van der Waals surface area contributed by atoms with Crippen LogP contribution in [-0.2, 0) is 4.74 Å². The fourth-order valence-electron chi connectivity index (χ4n) is 1.11. The lowest BCUT2D eigenvalue weighted by Crippen LogP contribution is -2.34. The van der Waals surface area contributed by atoms with Crippen LogP contribution in [0, 0.1) is 0 Å². The highest BCUT2D eigenvalue weighted by Gasteiger charge is 2.21. The lowest BCUT2D eigenvalue weighted by molar-refractivity contribution is 0.0601. The number of carbonyl (C=O) groups excluding carboxylic acids is 1. The standard InChI is InChI=1S/C9H11BO5/c1-14-6-3-4-8(10(12)13)7(5-6)9(11)15-2/h3-5,12-13H,1-2H3/i1D3. The van der Waals surface area contributed by atoms with Crippen LogP contribution in [0.25, 0.3) is 0 Å². The van der Waals surface area contributed by atoms with Crippen molar-refractivity contribution in [3.63, 3.8) is 0 Å². The average Bonchev–Trinajstić information content (AvgIpc) is 2.25. The average molecular weight is 213 g/mol. The topological polar surface area (TPSA) is 76.0 Å². The fourth-order valence-corrected chi connectivity index (χ4v) is 1.11. The van der Waals surface area contributed by atoms with Gasteiger partial charge in [0, 0.05) is 0 Å². The third kappa shape index (κ3) is 2.48. The number of carbonyl (C=O) groups is 1. The molecule has 0 aliphatic heterocycles. The second-order valence-corrected chi connectivity index (χ2v) is 2.72. The van der Waals surface area contributed by atoms with Gasteiger partial charge >= 0.3 is 13.1 Å². The van der Waals surface area contributed by atoms with Crippen molar-refractivity contribution in [3.05, 3.63) is 23.8 Å². The monoisotopic (exact) mass is 213 g/mol. The Labute approximate surface area is 91.6 Å². The number of esters is 1. The minimum atomic E-state index is -2.66. The van der Waals surface area contributed by atoms with Gasteiger partial charge in [0.15, 0.2) is 0 Å². The van der Waals surface area contributed by atoms with Gasteiger partial charge in [-0.3, -0.25) is 0 Å². The zero-order valence-electron chi connectivity index (χ0n) is 10.9. The lowest BCUT2D eigenvalue weighted by atomic mass is 9.77. The predicted octanol–water partition coefficient (Wildman–Crippen LogP) is -0.838. The molecule has 80 valence electrons. The van der Waals surface area contributed by atoms with E-state index in [1.807, 2.05) is 0 Å². The maximum atomic E-state index is 11.4. The molecule has 5 nitrogen and oxygen atoms in total.